The van der Waals surface area contributed by atoms with E-state index in [1.54, 1.807) is 19.1 Å². The van der Waals surface area contributed by atoms with Crippen LogP contribution in [0.3, 0.4) is 0 Å². The smallest absolute Gasteiger partial charge is 0.349 e. The molecule has 0 N–H and O–H groups in total. The first-order valence-electron chi connectivity index (χ1n) is 8.07. The lowest BCUT2D eigenvalue weighted by atomic mass is 10.0. The van der Waals surface area contributed by atoms with E-state index >= 15 is 0 Å². The number of carbonyl (C=O) groups is 2. The number of halogens is 1. The second kappa shape index (κ2) is 7.31. The van der Waals surface area contributed by atoms with Crippen LogP contribution in [0, 0.1) is 12.7 Å². The summed E-state index contributed by atoms with van der Waals surface area (Å²) in [5.41, 5.74) is 1.64. The van der Waals surface area contributed by atoms with Crippen LogP contribution in [0.2, 0.25) is 0 Å². The summed E-state index contributed by atoms with van der Waals surface area (Å²) in [6, 6.07) is 11.5. The predicted molar refractivity (Wildman–Crippen MR) is 91.9 cm³/mol. The van der Waals surface area contributed by atoms with Crippen LogP contribution >= 0.6 is 0 Å². The second-order valence-corrected chi connectivity index (χ2v) is 5.66. The molecule has 0 aliphatic rings. The van der Waals surface area contributed by atoms with Crippen LogP contribution in [0.4, 0.5) is 4.39 Å². The summed E-state index contributed by atoms with van der Waals surface area (Å²) in [6.45, 7) is 3.51. The molecular weight excluding hydrogens is 337 g/mol. The molecule has 0 fully saturated rings. The van der Waals surface area contributed by atoms with E-state index in [-0.39, 0.29) is 5.78 Å². The zero-order valence-corrected chi connectivity index (χ0v) is 14.3. The maximum absolute atomic E-state index is 13.0. The van der Waals surface area contributed by atoms with Crippen molar-refractivity contribution in [1.29, 1.82) is 0 Å². The van der Waals surface area contributed by atoms with Crippen molar-refractivity contribution in [3.05, 3.63) is 82.5 Å². The van der Waals surface area contributed by atoms with Gasteiger partial charge in [-0.15, -0.1) is 0 Å². The number of benzene rings is 2. The Labute approximate surface area is 149 Å². The molecule has 0 radical (unpaired) electrons. The summed E-state index contributed by atoms with van der Waals surface area (Å²) in [5, 5.41) is 3.83. The van der Waals surface area contributed by atoms with Crippen LogP contribution in [0.5, 0.6) is 5.75 Å². The quantitative estimate of drug-likeness (QED) is 0.392. The van der Waals surface area contributed by atoms with Crippen molar-refractivity contribution in [2.75, 3.05) is 0 Å². The van der Waals surface area contributed by atoms with E-state index < -0.39 is 11.8 Å². The standard InChI is InChI=1S/C20H16FNO4/c1-3-17-18(12(2)26-22-17)20(24)25-16-10-6-14(7-11-16)19(23)13-4-8-15(21)9-5-13/h4-11H,3H2,1-2H3. The van der Waals surface area contributed by atoms with Gasteiger partial charge in [-0.05, 0) is 61.9 Å². The lowest BCUT2D eigenvalue weighted by Crippen LogP contribution is -2.11. The topological polar surface area (TPSA) is 69.4 Å². The number of aromatic nitrogens is 1. The minimum Gasteiger partial charge on any atom is -0.423 e. The van der Waals surface area contributed by atoms with Crippen LogP contribution in [0.1, 0.15) is 44.7 Å². The summed E-state index contributed by atoms with van der Waals surface area (Å²) in [5.74, 6) is -0.508. The minimum absolute atomic E-state index is 0.244. The fourth-order valence-corrected chi connectivity index (χ4v) is 2.52. The molecule has 0 spiro atoms. The van der Waals surface area contributed by atoms with E-state index in [9.17, 15) is 14.0 Å². The van der Waals surface area contributed by atoms with Gasteiger partial charge in [-0.3, -0.25) is 4.79 Å². The van der Waals surface area contributed by atoms with E-state index in [2.05, 4.69) is 5.16 Å². The van der Waals surface area contributed by atoms with Crippen LogP contribution in [0.25, 0.3) is 0 Å². The third kappa shape index (κ3) is 3.54. The zero-order chi connectivity index (χ0) is 18.7. The van der Waals surface area contributed by atoms with Gasteiger partial charge in [0.15, 0.2) is 5.78 Å². The molecule has 0 bridgehead atoms. The van der Waals surface area contributed by atoms with Gasteiger partial charge in [0.25, 0.3) is 0 Å². The Bertz CT molecular complexity index is 943. The molecule has 0 aliphatic carbocycles. The molecule has 2 aromatic carbocycles. The Morgan fingerprint density at radius 1 is 1.04 bits per heavy atom. The average Bonchev–Trinajstić information content (AvgIpc) is 3.03. The van der Waals surface area contributed by atoms with E-state index in [4.69, 9.17) is 9.26 Å². The fraction of sp³-hybridized carbons (Fsp3) is 0.150. The summed E-state index contributed by atoms with van der Waals surface area (Å²) < 4.78 is 23.3. The SMILES string of the molecule is CCc1noc(C)c1C(=O)Oc1ccc(C(=O)c2ccc(F)cc2)cc1. The van der Waals surface area contributed by atoms with Crippen LogP contribution in [0.15, 0.2) is 53.1 Å². The monoisotopic (exact) mass is 353 g/mol. The van der Waals surface area contributed by atoms with Gasteiger partial charge in [0, 0.05) is 11.1 Å². The molecule has 3 rings (SSSR count). The molecule has 1 aromatic heterocycles. The highest BCUT2D eigenvalue weighted by Crippen LogP contribution is 2.20. The van der Waals surface area contributed by atoms with Gasteiger partial charge >= 0.3 is 5.97 Å². The van der Waals surface area contributed by atoms with E-state index in [0.29, 0.717) is 40.3 Å². The van der Waals surface area contributed by atoms with Gasteiger partial charge in [-0.1, -0.05) is 12.1 Å². The number of aryl methyl sites for hydroxylation is 2. The Balaban J connectivity index is 1.75. The van der Waals surface area contributed by atoms with Crippen molar-refractivity contribution in [3.8, 4) is 5.75 Å². The number of rotatable bonds is 5. The largest absolute Gasteiger partial charge is 0.423 e. The van der Waals surface area contributed by atoms with Crippen molar-refractivity contribution >= 4 is 11.8 Å². The van der Waals surface area contributed by atoms with Crippen LogP contribution < -0.4 is 4.74 Å². The first kappa shape index (κ1) is 17.5. The van der Waals surface area contributed by atoms with Crippen molar-refractivity contribution in [1.82, 2.24) is 5.16 Å². The Morgan fingerprint density at radius 2 is 1.62 bits per heavy atom. The Kier molecular flexibility index (Phi) is 4.93. The first-order valence-corrected chi connectivity index (χ1v) is 8.07. The molecule has 5 nitrogen and oxygen atoms in total. The van der Waals surface area contributed by atoms with Crippen molar-refractivity contribution < 1.29 is 23.2 Å². The molecule has 3 aromatic rings. The number of hydrogen-bond acceptors (Lipinski definition) is 5. The molecule has 1 heterocycles. The third-order valence-corrected chi connectivity index (χ3v) is 3.91. The Morgan fingerprint density at radius 3 is 2.19 bits per heavy atom. The van der Waals surface area contributed by atoms with Crippen molar-refractivity contribution in [3.63, 3.8) is 0 Å². The summed E-state index contributed by atoms with van der Waals surface area (Å²) in [4.78, 5) is 24.7. The maximum Gasteiger partial charge on any atom is 0.349 e. The lowest BCUT2D eigenvalue weighted by Gasteiger charge is -2.06. The molecule has 6 heteroatoms. The number of hydrogen-bond donors (Lipinski definition) is 0. The zero-order valence-electron chi connectivity index (χ0n) is 14.3. The average molecular weight is 353 g/mol. The molecule has 0 aliphatic heterocycles. The minimum atomic E-state index is -0.557. The van der Waals surface area contributed by atoms with Crippen LogP contribution in [-0.2, 0) is 6.42 Å². The molecule has 26 heavy (non-hydrogen) atoms. The molecule has 0 saturated heterocycles. The molecule has 0 atom stereocenters. The first-order chi connectivity index (χ1) is 12.5. The van der Waals surface area contributed by atoms with E-state index in [1.807, 2.05) is 6.92 Å². The summed E-state index contributed by atoms with van der Waals surface area (Å²) in [6.07, 6.45) is 0.548. The van der Waals surface area contributed by atoms with Crippen molar-refractivity contribution in [2.45, 2.75) is 20.3 Å². The van der Waals surface area contributed by atoms with E-state index in [0.717, 1.165) is 0 Å². The maximum atomic E-state index is 13.0. The lowest BCUT2D eigenvalue weighted by molar-refractivity contribution is 0.0732. The highest BCUT2D eigenvalue weighted by atomic mass is 19.1. The number of carbonyl (C=O) groups excluding carboxylic acids is 2. The highest BCUT2D eigenvalue weighted by molar-refractivity contribution is 6.09. The molecule has 0 saturated carbocycles. The van der Waals surface area contributed by atoms with Gasteiger partial charge in [0.2, 0.25) is 0 Å². The predicted octanol–water partition coefficient (Wildman–Crippen LogP) is 4.13. The molecular formula is C20H16FNO4. The number of nitrogens with zero attached hydrogens (tertiary/aromatic N) is 1. The van der Waals surface area contributed by atoms with Gasteiger partial charge in [0.1, 0.15) is 22.9 Å². The van der Waals surface area contributed by atoms with Gasteiger partial charge in [-0.25, -0.2) is 9.18 Å². The van der Waals surface area contributed by atoms with Gasteiger partial charge in [0.05, 0.1) is 5.69 Å². The second-order valence-electron chi connectivity index (χ2n) is 5.66. The molecule has 0 amide bonds. The van der Waals surface area contributed by atoms with Gasteiger partial charge in [-0.2, -0.15) is 0 Å². The van der Waals surface area contributed by atoms with Gasteiger partial charge < -0.3 is 9.26 Å². The Hall–Kier alpha value is -3.28. The van der Waals surface area contributed by atoms with E-state index in [1.165, 1.54) is 36.4 Å². The summed E-state index contributed by atoms with van der Waals surface area (Å²) >= 11 is 0. The number of ketones is 1. The molecule has 132 valence electrons. The fourth-order valence-electron chi connectivity index (χ4n) is 2.52. The summed E-state index contributed by atoms with van der Waals surface area (Å²) in [7, 11) is 0. The van der Waals surface area contributed by atoms with Crippen molar-refractivity contribution in [2.24, 2.45) is 0 Å². The normalized spacial score (nSPS) is 10.6. The highest BCUT2D eigenvalue weighted by Gasteiger charge is 2.21. The molecule has 0 unspecified atom stereocenters. The third-order valence-electron chi connectivity index (χ3n) is 3.91. The number of esters is 1. The number of ether oxygens (including phenoxy) is 1. The van der Waals surface area contributed by atoms with Crippen LogP contribution in [-0.4, -0.2) is 16.9 Å².